The zero-order chi connectivity index (χ0) is 9.84. The molecular weight excluding hydrogens is 181 g/mol. The smallest absolute Gasteiger partial charge is 0.304 e. The van der Waals surface area contributed by atoms with Crippen LogP contribution in [0.3, 0.4) is 0 Å². The third kappa shape index (κ3) is 2.32. The zero-order valence-corrected chi connectivity index (χ0v) is 6.55. The molecule has 70 valence electrons. The number of benzene rings is 1. The molecule has 1 nitrogen and oxygen atoms in total. The third-order valence-corrected chi connectivity index (χ3v) is 1.54. The summed E-state index contributed by atoms with van der Waals surface area (Å²) in [5, 5.41) is 9.05. The molecule has 0 unspecified atom stereocenters. The largest absolute Gasteiger partial charge is 0.381 e. The summed E-state index contributed by atoms with van der Waals surface area (Å²) in [5.41, 5.74) is 0.104. The van der Waals surface area contributed by atoms with Crippen LogP contribution in [0.4, 0.5) is 13.2 Å². The van der Waals surface area contributed by atoms with Crippen LogP contribution in [0, 0.1) is 0 Å². The summed E-state index contributed by atoms with van der Waals surface area (Å²) in [5.74, 6) is -1.80. The molecule has 0 fully saturated rings. The number of hydrogen-bond donors (Lipinski definition) is 1. The average molecular weight is 188 g/mol. The van der Waals surface area contributed by atoms with Gasteiger partial charge in [-0.2, -0.15) is 8.78 Å². The van der Waals surface area contributed by atoms with Gasteiger partial charge in [-0.05, 0) is 5.56 Å². The third-order valence-electron chi connectivity index (χ3n) is 1.54. The SMILES string of the molecule is O[C@@H](C(F)=C(F)F)c1ccccc1. The van der Waals surface area contributed by atoms with E-state index in [0.29, 0.717) is 0 Å². The van der Waals surface area contributed by atoms with Crippen molar-refractivity contribution in [2.24, 2.45) is 0 Å². The standard InChI is InChI=1S/C9H7F3O/c10-7(9(11)12)8(13)6-4-2-1-3-5-6/h1-5,8,13H/t8-/m1/s1. The van der Waals surface area contributed by atoms with E-state index >= 15 is 0 Å². The van der Waals surface area contributed by atoms with E-state index in [1.165, 1.54) is 24.3 Å². The predicted molar refractivity (Wildman–Crippen MR) is 41.8 cm³/mol. The Morgan fingerprint density at radius 2 is 1.62 bits per heavy atom. The number of halogens is 3. The fourth-order valence-corrected chi connectivity index (χ4v) is 0.885. The first kappa shape index (κ1) is 9.80. The molecule has 0 radical (unpaired) electrons. The number of aliphatic hydroxyl groups is 1. The van der Waals surface area contributed by atoms with E-state index in [0.717, 1.165) is 0 Å². The maximum atomic E-state index is 12.5. The minimum atomic E-state index is -2.49. The molecule has 1 rings (SSSR count). The number of aliphatic hydroxyl groups excluding tert-OH is 1. The summed E-state index contributed by atoms with van der Waals surface area (Å²) in [6.45, 7) is 0. The maximum Gasteiger partial charge on any atom is 0.304 e. The van der Waals surface area contributed by atoms with Gasteiger partial charge >= 0.3 is 6.08 Å². The molecular formula is C9H7F3O. The summed E-state index contributed by atoms with van der Waals surface area (Å²) in [6, 6.07) is 7.44. The predicted octanol–water partition coefficient (Wildman–Crippen LogP) is 2.80. The van der Waals surface area contributed by atoms with E-state index in [-0.39, 0.29) is 5.56 Å². The van der Waals surface area contributed by atoms with Gasteiger partial charge < -0.3 is 5.11 Å². The number of hydrogen-bond acceptors (Lipinski definition) is 1. The van der Waals surface area contributed by atoms with Gasteiger partial charge in [-0.3, -0.25) is 0 Å². The van der Waals surface area contributed by atoms with Gasteiger partial charge in [0.2, 0.25) is 0 Å². The van der Waals surface area contributed by atoms with E-state index in [4.69, 9.17) is 5.11 Å². The summed E-state index contributed by atoms with van der Waals surface area (Å²) >= 11 is 0. The van der Waals surface area contributed by atoms with Crippen molar-refractivity contribution in [1.82, 2.24) is 0 Å². The van der Waals surface area contributed by atoms with E-state index in [2.05, 4.69) is 0 Å². The highest BCUT2D eigenvalue weighted by Crippen LogP contribution is 2.25. The average Bonchev–Trinajstić information content (AvgIpc) is 2.17. The van der Waals surface area contributed by atoms with E-state index in [9.17, 15) is 13.2 Å². The molecule has 1 aromatic carbocycles. The van der Waals surface area contributed by atoms with Crippen molar-refractivity contribution < 1.29 is 18.3 Å². The Kier molecular flexibility index (Phi) is 3.08. The lowest BCUT2D eigenvalue weighted by Gasteiger charge is -2.06. The monoisotopic (exact) mass is 188 g/mol. The van der Waals surface area contributed by atoms with Crippen molar-refractivity contribution in [3.05, 3.63) is 47.8 Å². The van der Waals surface area contributed by atoms with Crippen molar-refractivity contribution in [3.8, 4) is 0 Å². The molecule has 0 heterocycles. The van der Waals surface area contributed by atoms with Crippen LogP contribution in [0.1, 0.15) is 11.7 Å². The first-order valence-electron chi connectivity index (χ1n) is 3.56. The Labute approximate surface area is 73.1 Å². The topological polar surface area (TPSA) is 20.2 Å². The summed E-state index contributed by atoms with van der Waals surface area (Å²) in [7, 11) is 0. The second-order valence-electron chi connectivity index (χ2n) is 2.42. The van der Waals surface area contributed by atoms with Crippen LogP contribution in [0.2, 0.25) is 0 Å². The van der Waals surface area contributed by atoms with Gasteiger partial charge in [0.1, 0.15) is 6.10 Å². The van der Waals surface area contributed by atoms with Gasteiger partial charge in [-0.15, -0.1) is 0 Å². The molecule has 0 amide bonds. The van der Waals surface area contributed by atoms with Gasteiger partial charge in [-0.25, -0.2) is 4.39 Å². The highest BCUT2D eigenvalue weighted by atomic mass is 19.3. The minimum Gasteiger partial charge on any atom is -0.381 e. The molecule has 1 aromatic rings. The molecule has 13 heavy (non-hydrogen) atoms. The fourth-order valence-electron chi connectivity index (χ4n) is 0.885. The molecule has 0 spiro atoms. The maximum absolute atomic E-state index is 12.5. The molecule has 0 saturated carbocycles. The molecule has 4 heteroatoms. The van der Waals surface area contributed by atoms with Gasteiger partial charge in [0.15, 0.2) is 5.83 Å². The van der Waals surface area contributed by atoms with Gasteiger partial charge in [0.05, 0.1) is 0 Å². The van der Waals surface area contributed by atoms with Crippen molar-refractivity contribution in [1.29, 1.82) is 0 Å². The van der Waals surface area contributed by atoms with Crippen molar-refractivity contribution in [2.75, 3.05) is 0 Å². The Morgan fingerprint density at radius 3 is 2.08 bits per heavy atom. The molecule has 0 saturated heterocycles. The van der Waals surface area contributed by atoms with Crippen molar-refractivity contribution in [3.63, 3.8) is 0 Å². The molecule has 0 aliphatic carbocycles. The van der Waals surface area contributed by atoms with Crippen LogP contribution in [-0.2, 0) is 0 Å². The normalized spacial score (nSPS) is 12.3. The van der Waals surface area contributed by atoms with Crippen LogP contribution < -0.4 is 0 Å². The zero-order valence-electron chi connectivity index (χ0n) is 6.55. The van der Waals surface area contributed by atoms with Crippen LogP contribution in [0.25, 0.3) is 0 Å². The highest BCUT2D eigenvalue weighted by molar-refractivity contribution is 5.23. The minimum absolute atomic E-state index is 0.104. The first-order valence-corrected chi connectivity index (χ1v) is 3.56. The van der Waals surface area contributed by atoms with Gasteiger partial charge in [0.25, 0.3) is 0 Å². The molecule has 0 bridgehead atoms. The van der Waals surface area contributed by atoms with E-state index < -0.39 is 18.0 Å². The molecule has 1 N–H and O–H groups in total. The lowest BCUT2D eigenvalue weighted by Crippen LogP contribution is -1.98. The Morgan fingerprint density at radius 1 is 1.08 bits per heavy atom. The van der Waals surface area contributed by atoms with Crippen molar-refractivity contribution >= 4 is 0 Å². The summed E-state index contributed by atoms with van der Waals surface area (Å²) < 4.78 is 35.9. The quantitative estimate of drug-likeness (QED) is 0.756. The number of rotatable bonds is 2. The second kappa shape index (κ2) is 4.09. The van der Waals surface area contributed by atoms with Crippen LogP contribution in [-0.4, -0.2) is 5.11 Å². The first-order chi connectivity index (χ1) is 6.13. The summed E-state index contributed by atoms with van der Waals surface area (Å²) in [4.78, 5) is 0. The summed E-state index contributed by atoms with van der Waals surface area (Å²) in [6.07, 6.45) is -4.36. The van der Waals surface area contributed by atoms with Crippen molar-refractivity contribution in [2.45, 2.75) is 6.10 Å². The Bertz CT molecular complexity index is 304. The molecule has 0 aromatic heterocycles. The van der Waals surface area contributed by atoms with E-state index in [1.807, 2.05) is 0 Å². The second-order valence-corrected chi connectivity index (χ2v) is 2.42. The Hall–Kier alpha value is -1.29. The lowest BCUT2D eigenvalue weighted by atomic mass is 10.1. The van der Waals surface area contributed by atoms with Crippen LogP contribution in [0.15, 0.2) is 42.2 Å². The Balaban J connectivity index is 2.93. The molecule has 1 atom stereocenters. The molecule has 0 aliphatic rings. The lowest BCUT2D eigenvalue weighted by molar-refractivity contribution is 0.171. The molecule has 0 aliphatic heterocycles. The van der Waals surface area contributed by atoms with Crippen LogP contribution in [0.5, 0.6) is 0 Å². The van der Waals surface area contributed by atoms with Gasteiger partial charge in [0, 0.05) is 0 Å². The van der Waals surface area contributed by atoms with Crippen LogP contribution >= 0.6 is 0 Å². The van der Waals surface area contributed by atoms with E-state index in [1.54, 1.807) is 6.07 Å². The van der Waals surface area contributed by atoms with Gasteiger partial charge in [-0.1, -0.05) is 30.3 Å². The highest BCUT2D eigenvalue weighted by Gasteiger charge is 2.17. The fraction of sp³-hybridized carbons (Fsp3) is 0.111.